The number of amides is 1. The van der Waals surface area contributed by atoms with Crippen LogP contribution in [0.4, 0.5) is 0 Å². The topological polar surface area (TPSA) is 41.4 Å². The summed E-state index contributed by atoms with van der Waals surface area (Å²) in [6.07, 6.45) is 7.07. The summed E-state index contributed by atoms with van der Waals surface area (Å²) in [5, 5.41) is 0. The van der Waals surface area contributed by atoms with Crippen molar-refractivity contribution in [2.75, 3.05) is 26.2 Å². The van der Waals surface area contributed by atoms with Crippen molar-refractivity contribution in [2.24, 2.45) is 5.92 Å². The van der Waals surface area contributed by atoms with E-state index in [4.69, 9.17) is 0 Å². The number of rotatable bonds is 4. The van der Waals surface area contributed by atoms with E-state index in [1.54, 1.807) is 0 Å². The highest BCUT2D eigenvalue weighted by atomic mass is 16.2. The molecule has 1 atom stereocenters. The van der Waals surface area contributed by atoms with Gasteiger partial charge in [0.15, 0.2) is 0 Å². The van der Waals surface area contributed by atoms with E-state index in [-0.39, 0.29) is 5.92 Å². The Morgan fingerprint density at radius 2 is 2.00 bits per heavy atom. The van der Waals surface area contributed by atoms with Gasteiger partial charge in [0.25, 0.3) is 0 Å². The zero-order chi connectivity index (χ0) is 16.4. The molecule has 0 aliphatic carbocycles. The van der Waals surface area contributed by atoms with Gasteiger partial charge in [-0.15, -0.1) is 0 Å². The highest BCUT2D eigenvalue weighted by molar-refractivity contribution is 5.79. The lowest BCUT2D eigenvalue weighted by molar-refractivity contribution is -0.136. The fourth-order valence-corrected chi connectivity index (χ4v) is 4.02. The second kappa shape index (κ2) is 7.04. The lowest BCUT2D eigenvalue weighted by atomic mass is 9.94. The van der Waals surface area contributed by atoms with Crippen molar-refractivity contribution in [2.45, 2.75) is 58.5 Å². The molecule has 2 saturated heterocycles. The third-order valence-electron chi connectivity index (χ3n) is 5.56. The molecular weight excluding hydrogens is 288 g/mol. The van der Waals surface area contributed by atoms with E-state index in [0.29, 0.717) is 17.9 Å². The van der Waals surface area contributed by atoms with Gasteiger partial charge in [-0.05, 0) is 46.6 Å². The van der Waals surface area contributed by atoms with Crippen LogP contribution in [0.2, 0.25) is 0 Å². The molecule has 2 aliphatic heterocycles. The maximum Gasteiger partial charge on any atom is 0.227 e. The molecule has 0 radical (unpaired) electrons. The molecule has 23 heavy (non-hydrogen) atoms. The van der Waals surface area contributed by atoms with Crippen LogP contribution in [-0.4, -0.2) is 57.5 Å². The van der Waals surface area contributed by atoms with Crippen molar-refractivity contribution in [3.05, 3.63) is 18.2 Å². The van der Waals surface area contributed by atoms with Gasteiger partial charge in [0, 0.05) is 50.5 Å². The van der Waals surface area contributed by atoms with E-state index in [9.17, 15) is 4.79 Å². The van der Waals surface area contributed by atoms with Gasteiger partial charge in [0.05, 0.1) is 5.92 Å². The average Bonchev–Trinajstić information content (AvgIpc) is 3.23. The zero-order valence-corrected chi connectivity index (χ0v) is 14.7. The summed E-state index contributed by atoms with van der Waals surface area (Å²) in [5.41, 5.74) is 0. The maximum absolute atomic E-state index is 12.8. The van der Waals surface area contributed by atoms with E-state index in [2.05, 4.69) is 46.3 Å². The van der Waals surface area contributed by atoms with Gasteiger partial charge in [0.2, 0.25) is 5.91 Å². The van der Waals surface area contributed by atoms with Crippen LogP contribution >= 0.6 is 0 Å². The molecule has 5 nitrogen and oxygen atoms in total. The summed E-state index contributed by atoms with van der Waals surface area (Å²) >= 11 is 0. The Kier molecular flexibility index (Phi) is 5.05. The Morgan fingerprint density at radius 1 is 1.26 bits per heavy atom. The number of nitrogens with zero attached hydrogens (tertiary/aromatic N) is 4. The van der Waals surface area contributed by atoms with Crippen molar-refractivity contribution < 1.29 is 4.79 Å². The van der Waals surface area contributed by atoms with E-state index >= 15 is 0 Å². The first-order chi connectivity index (χ1) is 11.1. The lowest BCUT2D eigenvalue weighted by Gasteiger charge is -2.33. The maximum atomic E-state index is 12.8. The zero-order valence-electron chi connectivity index (χ0n) is 14.7. The van der Waals surface area contributed by atoms with Crippen LogP contribution in [0.25, 0.3) is 0 Å². The summed E-state index contributed by atoms with van der Waals surface area (Å²) < 4.78 is 2.24. The van der Waals surface area contributed by atoms with Crippen molar-refractivity contribution in [1.29, 1.82) is 0 Å². The molecule has 0 aromatic carbocycles. The van der Waals surface area contributed by atoms with Gasteiger partial charge >= 0.3 is 0 Å². The van der Waals surface area contributed by atoms with Crippen LogP contribution in [0.5, 0.6) is 0 Å². The minimum atomic E-state index is 0.214. The average molecular weight is 318 g/mol. The number of piperidine rings is 1. The van der Waals surface area contributed by atoms with Gasteiger partial charge < -0.3 is 14.4 Å². The van der Waals surface area contributed by atoms with Gasteiger partial charge in [-0.2, -0.15) is 0 Å². The van der Waals surface area contributed by atoms with Gasteiger partial charge in [-0.25, -0.2) is 4.98 Å². The molecule has 5 heteroatoms. The number of carbonyl (C=O) groups is 1. The molecule has 1 aromatic heterocycles. The van der Waals surface area contributed by atoms with Gasteiger partial charge in [-0.1, -0.05) is 0 Å². The van der Waals surface area contributed by atoms with Crippen molar-refractivity contribution in [1.82, 2.24) is 19.4 Å². The molecule has 1 unspecified atom stereocenters. The van der Waals surface area contributed by atoms with Crippen LogP contribution < -0.4 is 0 Å². The quantitative estimate of drug-likeness (QED) is 0.855. The first-order valence-electron chi connectivity index (χ1n) is 9.14. The molecule has 3 heterocycles. The third-order valence-corrected chi connectivity index (χ3v) is 5.56. The fraction of sp³-hybridized carbons (Fsp3) is 0.778. The van der Waals surface area contributed by atoms with E-state index in [1.165, 1.54) is 5.82 Å². The third kappa shape index (κ3) is 3.44. The molecule has 0 saturated carbocycles. The molecule has 1 aromatic rings. The molecule has 3 rings (SSSR count). The molecule has 128 valence electrons. The Hall–Kier alpha value is -1.36. The van der Waals surface area contributed by atoms with E-state index in [1.807, 2.05) is 6.20 Å². The Morgan fingerprint density at radius 3 is 2.61 bits per heavy atom. The largest absolute Gasteiger partial charge is 0.342 e. The minimum absolute atomic E-state index is 0.214. The van der Waals surface area contributed by atoms with Crippen LogP contribution in [0.15, 0.2) is 12.4 Å². The molecule has 0 N–H and O–H groups in total. The fourth-order valence-electron chi connectivity index (χ4n) is 4.02. The second-order valence-electron chi connectivity index (χ2n) is 7.25. The molecule has 2 aliphatic rings. The number of carbonyl (C=O) groups excluding carboxylic acids is 1. The number of aromatic nitrogens is 2. The summed E-state index contributed by atoms with van der Waals surface area (Å²) in [5.74, 6) is 2.30. The van der Waals surface area contributed by atoms with Crippen molar-refractivity contribution in [3.63, 3.8) is 0 Å². The Bertz CT molecular complexity index is 531. The number of imidazole rings is 1. The normalized spacial score (nSPS) is 23.8. The molecular formula is C18H30N4O. The predicted molar refractivity (Wildman–Crippen MR) is 91.3 cm³/mol. The summed E-state index contributed by atoms with van der Waals surface area (Å²) in [7, 11) is 0. The monoisotopic (exact) mass is 318 g/mol. The van der Waals surface area contributed by atoms with Crippen LogP contribution in [0.1, 0.15) is 51.8 Å². The number of aryl methyl sites for hydroxylation is 1. The smallest absolute Gasteiger partial charge is 0.227 e. The van der Waals surface area contributed by atoms with E-state index < -0.39 is 0 Å². The summed E-state index contributed by atoms with van der Waals surface area (Å²) in [4.78, 5) is 21.8. The first kappa shape index (κ1) is 16.5. The van der Waals surface area contributed by atoms with Crippen LogP contribution in [0, 0.1) is 5.92 Å². The standard InChI is InChI=1S/C18H30N4O/c1-4-20-12-8-19-17(20)15-5-9-21(10-6-15)18(23)16-7-11-22(13-16)14(2)3/h8,12,14-16H,4-7,9-11,13H2,1-3H3. The van der Waals surface area contributed by atoms with Crippen molar-refractivity contribution >= 4 is 5.91 Å². The minimum Gasteiger partial charge on any atom is -0.342 e. The number of likely N-dealkylation sites (tertiary alicyclic amines) is 2. The van der Waals surface area contributed by atoms with Crippen LogP contribution in [-0.2, 0) is 11.3 Å². The molecule has 1 amide bonds. The molecule has 0 bridgehead atoms. The van der Waals surface area contributed by atoms with Crippen molar-refractivity contribution in [3.8, 4) is 0 Å². The Labute approximate surface area is 139 Å². The SMILES string of the molecule is CCn1ccnc1C1CCN(C(=O)C2CCN(C(C)C)C2)CC1. The summed E-state index contributed by atoms with van der Waals surface area (Å²) in [6.45, 7) is 11.3. The number of hydrogen-bond acceptors (Lipinski definition) is 3. The second-order valence-corrected chi connectivity index (χ2v) is 7.25. The first-order valence-corrected chi connectivity index (χ1v) is 9.14. The Balaban J connectivity index is 1.54. The van der Waals surface area contributed by atoms with Gasteiger partial charge in [-0.3, -0.25) is 4.79 Å². The lowest BCUT2D eigenvalue weighted by Crippen LogP contribution is -2.42. The van der Waals surface area contributed by atoms with Crippen LogP contribution in [0.3, 0.4) is 0 Å². The highest BCUT2D eigenvalue weighted by Gasteiger charge is 2.34. The molecule has 2 fully saturated rings. The van der Waals surface area contributed by atoms with Gasteiger partial charge in [0.1, 0.15) is 5.82 Å². The van der Waals surface area contributed by atoms with E-state index in [0.717, 1.165) is 52.0 Å². The number of hydrogen-bond donors (Lipinski definition) is 0. The predicted octanol–water partition coefficient (Wildman–Crippen LogP) is 2.34. The highest BCUT2D eigenvalue weighted by Crippen LogP contribution is 2.29. The summed E-state index contributed by atoms with van der Waals surface area (Å²) in [6, 6.07) is 0.548. The molecule has 0 spiro atoms.